The zero-order valence-electron chi connectivity index (χ0n) is 14.9. The van der Waals surface area contributed by atoms with Crippen molar-refractivity contribution in [3.05, 3.63) is 59.4 Å². The molecule has 0 bridgehead atoms. The number of benzene rings is 2. The van der Waals surface area contributed by atoms with Crippen LogP contribution in [-0.4, -0.2) is 34.0 Å². The second-order valence-corrected chi connectivity index (χ2v) is 6.77. The lowest BCUT2D eigenvalue weighted by atomic mass is 10.0. The van der Waals surface area contributed by atoms with E-state index in [4.69, 9.17) is 0 Å². The first-order valence-corrected chi connectivity index (χ1v) is 9.11. The second kappa shape index (κ2) is 7.25. The SMILES string of the molecule is Cc1c(C(=O)NCc2cccc3ccccc23)nnn1C1CCNCC1. The van der Waals surface area contributed by atoms with Crippen molar-refractivity contribution in [2.24, 2.45) is 0 Å². The maximum absolute atomic E-state index is 12.6. The van der Waals surface area contributed by atoms with Gasteiger partial charge in [-0.2, -0.15) is 0 Å². The smallest absolute Gasteiger partial charge is 0.274 e. The van der Waals surface area contributed by atoms with Crippen LogP contribution in [0.25, 0.3) is 10.8 Å². The lowest BCUT2D eigenvalue weighted by Crippen LogP contribution is -2.30. The van der Waals surface area contributed by atoms with Crippen LogP contribution in [0.1, 0.15) is 40.6 Å². The molecule has 134 valence electrons. The van der Waals surface area contributed by atoms with E-state index in [1.54, 1.807) is 0 Å². The fourth-order valence-corrected chi connectivity index (χ4v) is 3.65. The molecule has 0 atom stereocenters. The summed E-state index contributed by atoms with van der Waals surface area (Å²) in [5, 5.41) is 17.1. The molecule has 0 aliphatic carbocycles. The standard InChI is InChI=1S/C20H23N5O/c1-14-19(23-24-25(14)17-9-11-21-12-10-17)20(26)22-13-16-7-4-6-15-5-2-3-8-18(15)16/h2-8,17,21H,9-13H2,1H3,(H,22,26). The predicted octanol–water partition coefficient (Wildman–Crippen LogP) is 2.59. The Hall–Kier alpha value is -2.73. The van der Waals surface area contributed by atoms with Crippen LogP contribution in [0.2, 0.25) is 0 Å². The van der Waals surface area contributed by atoms with Crippen molar-refractivity contribution in [3.8, 4) is 0 Å². The Labute approximate surface area is 152 Å². The van der Waals surface area contributed by atoms with E-state index in [0.717, 1.165) is 42.6 Å². The molecule has 4 rings (SSSR count). The number of rotatable bonds is 4. The van der Waals surface area contributed by atoms with Gasteiger partial charge in [-0.3, -0.25) is 4.79 Å². The highest BCUT2D eigenvalue weighted by atomic mass is 16.2. The van der Waals surface area contributed by atoms with E-state index in [2.05, 4.69) is 39.1 Å². The van der Waals surface area contributed by atoms with Gasteiger partial charge in [0.1, 0.15) is 0 Å². The van der Waals surface area contributed by atoms with Gasteiger partial charge in [0.25, 0.3) is 5.91 Å². The van der Waals surface area contributed by atoms with Crippen LogP contribution in [0.3, 0.4) is 0 Å². The van der Waals surface area contributed by atoms with Crippen LogP contribution < -0.4 is 10.6 Å². The van der Waals surface area contributed by atoms with Gasteiger partial charge in [-0.05, 0) is 49.2 Å². The van der Waals surface area contributed by atoms with E-state index in [0.29, 0.717) is 18.3 Å². The highest BCUT2D eigenvalue weighted by molar-refractivity contribution is 5.93. The number of fused-ring (bicyclic) bond motifs is 1. The minimum Gasteiger partial charge on any atom is -0.346 e. The fourth-order valence-electron chi connectivity index (χ4n) is 3.65. The molecule has 1 aliphatic rings. The first-order valence-electron chi connectivity index (χ1n) is 9.11. The third kappa shape index (κ3) is 3.20. The van der Waals surface area contributed by atoms with Crippen molar-refractivity contribution < 1.29 is 4.79 Å². The summed E-state index contributed by atoms with van der Waals surface area (Å²) in [5.41, 5.74) is 2.36. The van der Waals surface area contributed by atoms with Gasteiger partial charge in [-0.25, -0.2) is 4.68 Å². The van der Waals surface area contributed by atoms with Crippen LogP contribution in [-0.2, 0) is 6.54 Å². The summed E-state index contributed by atoms with van der Waals surface area (Å²) in [6.07, 6.45) is 2.03. The number of hydrogen-bond acceptors (Lipinski definition) is 4. The fraction of sp³-hybridized carbons (Fsp3) is 0.350. The minimum atomic E-state index is -0.171. The highest BCUT2D eigenvalue weighted by Crippen LogP contribution is 2.21. The minimum absolute atomic E-state index is 0.171. The maximum atomic E-state index is 12.6. The molecule has 1 aromatic heterocycles. The molecule has 0 radical (unpaired) electrons. The third-order valence-electron chi connectivity index (χ3n) is 5.12. The van der Waals surface area contributed by atoms with E-state index >= 15 is 0 Å². The molecule has 0 unspecified atom stereocenters. The zero-order chi connectivity index (χ0) is 17.9. The molecule has 2 aromatic carbocycles. The summed E-state index contributed by atoms with van der Waals surface area (Å²) in [5.74, 6) is -0.171. The molecule has 1 fully saturated rings. The van der Waals surface area contributed by atoms with E-state index in [9.17, 15) is 4.79 Å². The van der Waals surface area contributed by atoms with Crippen LogP contribution in [0, 0.1) is 6.92 Å². The predicted molar refractivity (Wildman–Crippen MR) is 101 cm³/mol. The quantitative estimate of drug-likeness (QED) is 0.759. The van der Waals surface area contributed by atoms with Crippen molar-refractivity contribution in [3.63, 3.8) is 0 Å². The number of nitrogens with zero attached hydrogens (tertiary/aromatic N) is 3. The van der Waals surface area contributed by atoms with Gasteiger partial charge >= 0.3 is 0 Å². The summed E-state index contributed by atoms with van der Waals surface area (Å²) in [4.78, 5) is 12.6. The normalized spacial score (nSPS) is 15.3. The Morgan fingerprint density at radius 1 is 1.19 bits per heavy atom. The maximum Gasteiger partial charge on any atom is 0.274 e. The first-order chi connectivity index (χ1) is 12.7. The number of aromatic nitrogens is 3. The number of carbonyl (C=O) groups excluding carboxylic acids is 1. The summed E-state index contributed by atoms with van der Waals surface area (Å²) < 4.78 is 1.91. The Morgan fingerprint density at radius 2 is 1.96 bits per heavy atom. The topological polar surface area (TPSA) is 71.8 Å². The van der Waals surface area contributed by atoms with Gasteiger partial charge in [0.15, 0.2) is 5.69 Å². The van der Waals surface area contributed by atoms with Crippen molar-refractivity contribution in [2.45, 2.75) is 32.4 Å². The van der Waals surface area contributed by atoms with Gasteiger partial charge in [-0.15, -0.1) is 5.10 Å². The molecule has 1 saturated heterocycles. The number of hydrogen-bond donors (Lipinski definition) is 2. The zero-order valence-corrected chi connectivity index (χ0v) is 14.9. The number of amides is 1. The van der Waals surface area contributed by atoms with Gasteiger partial charge in [0.2, 0.25) is 0 Å². The molecule has 0 spiro atoms. The molecule has 0 saturated carbocycles. The lowest BCUT2D eigenvalue weighted by molar-refractivity contribution is 0.0945. The molecular weight excluding hydrogens is 326 g/mol. The average Bonchev–Trinajstić information content (AvgIpc) is 3.08. The number of nitrogens with one attached hydrogen (secondary N) is 2. The summed E-state index contributed by atoms with van der Waals surface area (Å²) in [6, 6.07) is 14.7. The van der Waals surface area contributed by atoms with Crippen LogP contribution >= 0.6 is 0 Å². The molecule has 26 heavy (non-hydrogen) atoms. The molecular formula is C20H23N5O. The molecule has 3 aromatic rings. The summed E-state index contributed by atoms with van der Waals surface area (Å²) in [7, 11) is 0. The van der Waals surface area contributed by atoms with E-state index < -0.39 is 0 Å². The Kier molecular flexibility index (Phi) is 4.67. The average molecular weight is 349 g/mol. The van der Waals surface area contributed by atoms with Gasteiger partial charge in [0.05, 0.1) is 11.7 Å². The Morgan fingerprint density at radius 3 is 2.81 bits per heavy atom. The van der Waals surface area contributed by atoms with Crippen LogP contribution in [0.15, 0.2) is 42.5 Å². The highest BCUT2D eigenvalue weighted by Gasteiger charge is 2.22. The summed E-state index contributed by atoms with van der Waals surface area (Å²) >= 11 is 0. The van der Waals surface area contributed by atoms with E-state index in [1.807, 2.05) is 35.9 Å². The van der Waals surface area contributed by atoms with Crippen molar-refractivity contribution in [1.29, 1.82) is 0 Å². The first kappa shape index (κ1) is 16.7. The van der Waals surface area contributed by atoms with E-state index in [-0.39, 0.29) is 5.91 Å². The molecule has 1 amide bonds. The third-order valence-corrected chi connectivity index (χ3v) is 5.12. The molecule has 2 heterocycles. The van der Waals surface area contributed by atoms with Crippen molar-refractivity contribution in [2.75, 3.05) is 13.1 Å². The lowest BCUT2D eigenvalue weighted by Gasteiger charge is -2.23. The Balaban J connectivity index is 1.49. The van der Waals surface area contributed by atoms with Gasteiger partial charge in [-0.1, -0.05) is 47.7 Å². The Bertz CT molecular complexity index is 922. The molecule has 6 heteroatoms. The van der Waals surface area contributed by atoms with Gasteiger partial charge < -0.3 is 10.6 Å². The largest absolute Gasteiger partial charge is 0.346 e. The van der Waals surface area contributed by atoms with Crippen molar-refractivity contribution >= 4 is 16.7 Å². The second-order valence-electron chi connectivity index (χ2n) is 6.77. The molecule has 2 N–H and O–H groups in total. The van der Waals surface area contributed by atoms with Gasteiger partial charge in [0, 0.05) is 6.54 Å². The molecule has 1 aliphatic heterocycles. The number of piperidine rings is 1. The van der Waals surface area contributed by atoms with Crippen molar-refractivity contribution in [1.82, 2.24) is 25.6 Å². The van der Waals surface area contributed by atoms with E-state index in [1.165, 1.54) is 5.39 Å². The number of carbonyl (C=O) groups is 1. The summed E-state index contributed by atoms with van der Waals surface area (Å²) in [6.45, 7) is 4.36. The van der Waals surface area contributed by atoms with Crippen LogP contribution in [0.5, 0.6) is 0 Å². The van der Waals surface area contributed by atoms with Crippen LogP contribution in [0.4, 0.5) is 0 Å². The molecule has 6 nitrogen and oxygen atoms in total. The monoisotopic (exact) mass is 349 g/mol.